The van der Waals surface area contributed by atoms with Crippen molar-refractivity contribution in [1.29, 1.82) is 0 Å². The summed E-state index contributed by atoms with van der Waals surface area (Å²) in [5.41, 5.74) is 1.96. The number of nitrogens with zero attached hydrogens (tertiary/aromatic N) is 1. The average Bonchev–Trinajstić information content (AvgIpc) is 1.61. The lowest BCUT2D eigenvalue weighted by Gasteiger charge is -1.75. The van der Waals surface area contributed by atoms with Crippen LogP contribution < -0.4 is 5.43 Å². The van der Waals surface area contributed by atoms with Gasteiger partial charge in [0.1, 0.15) is 7.85 Å². The number of hydrazone groups is 1. The minimum atomic E-state index is 0.434. The van der Waals surface area contributed by atoms with Gasteiger partial charge in [-0.15, -0.1) is 0 Å². The van der Waals surface area contributed by atoms with Gasteiger partial charge in [0.2, 0.25) is 6.41 Å². The van der Waals surface area contributed by atoms with E-state index in [9.17, 15) is 4.79 Å². The summed E-state index contributed by atoms with van der Waals surface area (Å²) in [6.45, 7) is 0. The van der Waals surface area contributed by atoms with Crippen LogP contribution in [-0.2, 0) is 4.79 Å². The van der Waals surface area contributed by atoms with Crippen molar-refractivity contribution < 1.29 is 4.79 Å². The van der Waals surface area contributed by atoms with Crippen molar-refractivity contribution >= 4 is 20.4 Å². The Labute approximate surface area is 36.8 Å². The number of carbonyl (C=O) groups excluding carboxylic acids is 1. The SMILES string of the molecule is [B]/C=N/NC=O. The van der Waals surface area contributed by atoms with Crippen LogP contribution in [0.25, 0.3) is 0 Å². The second-order valence-corrected chi connectivity index (χ2v) is 0.525. The number of amides is 1. The molecule has 30 valence electrons. The van der Waals surface area contributed by atoms with Crippen LogP contribution in [0.2, 0.25) is 0 Å². The highest BCUT2D eigenvalue weighted by Gasteiger charge is 1.55. The van der Waals surface area contributed by atoms with E-state index in [1.807, 2.05) is 5.43 Å². The first-order chi connectivity index (χ1) is 2.91. The second kappa shape index (κ2) is 4.20. The van der Waals surface area contributed by atoms with Crippen LogP contribution in [0.5, 0.6) is 0 Å². The van der Waals surface area contributed by atoms with E-state index in [0.29, 0.717) is 6.41 Å². The van der Waals surface area contributed by atoms with E-state index >= 15 is 0 Å². The highest BCUT2D eigenvalue weighted by molar-refractivity contribution is 6.49. The first-order valence-electron chi connectivity index (χ1n) is 1.34. The lowest BCUT2D eigenvalue weighted by Crippen LogP contribution is -1.99. The molecule has 0 aliphatic heterocycles. The predicted octanol–water partition coefficient (Wildman–Crippen LogP) is -1.16. The van der Waals surface area contributed by atoms with Crippen LogP contribution in [-0.4, -0.2) is 20.4 Å². The summed E-state index contributed by atoms with van der Waals surface area (Å²) in [5, 5.41) is 3.12. The molecule has 0 aromatic heterocycles. The zero-order valence-electron chi connectivity index (χ0n) is 3.09. The van der Waals surface area contributed by atoms with Gasteiger partial charge in [-0.25, -0.2) is 0 Å². The van der Waals surface area contributed by atoms with Crippen molar-refractivity contribution in [3.63, 3.8) is 0 Å². The summed E-state index contributed by atoms with van der Waals surface area (Å²) in [6.07, 6.45) is 1.43. The number of nitrogens with one attached hydrogen (secondary N) is 1. The Morgan fingerprint density at radius 3 is 2.67 bits per heavy atom. The van der Waals surface area contributed by atoms with Crippen LogP contribution in [0.4, 0.5) is 0 Å². The van der Waals surface area contributed by atoms with Crippen LogP contribution in [0.15, 0.2) is 5.10 Å². The van der Waals surface area contributed by atoms with Gasteiger partial charge in [0.15, 0.2) is 0 Å². The predicted molar refractivity (Wildman–Crippen MR) is 23.4 cm³/mol. The molecule has 0 aliphatic carbocycles. The molecule has 2 radical (unpaired) electrons. The van der Waals surface area contributed by atoms with Crippen molar-refractivity contribution in [3.8, 4) is 0 Å². The quantitative estimate of drug-likeness (QED) is 0.194. The van der Waals surface area contributed by atoms with Crippen molar-refractivity contribution in [1.82, 2.24) is 5.43 Å². The van der Waals surface area contributed by atoms with Crippen molar-refractivity contribution in [2.24, 2.45) is 5.10 Å². The largest absolute Gasteiger partial charge is 0.277 e. The van der Waals surface area contributed by atoms with Gasteiger partial charge in [-0.05, 0) is 6.11 Å². The van der Waals surface area contributed by atoms with Gasteiger partial charge in [-0.2, -0.15) is 5.10 Å². The van der Waals surface area contributed by atoms with E-state index in [1.54, 1.807) is 0 Å². The first-order valence-corrected chi connectivity index (χ1v) is 1.34. The number of hydrogen-bond donors (Lipinski definition) is 1. The highest BCUT2D eigenvalue weighted by atomic mass is 16.1. The lowest BCUT2D eigenvalue weighted by molar-refractivity contribution is -0.109. The maximum atomic E-state index is 9.28. The molecule has 0 aromatic carbocycles. The van der Waals surface area contributed by atoms with E-state index in [0.717, 1.165) is 6.11 Å². The molecule has 0 aromatic rings. The van der Waals surface area contributed by atoms with Crippen LogP contribution >= 0.6 is 0 Å². The first kappa shape index (κ1) is 5.20. The topological polar surface area (TPSA) is 41.5 Å². The number of hydrogen-bond acceptors (Lipinski definition) is 2. The summed E-state index contributed by atoms with van der Waals surface area (Å²) in [5.74, 6) is 0. The third-order valence-corrected chi connectivity index (χ3v) is 0.202. The molecule has 0 aliphatic rings. The third-order valence-electron chi connectivity index (χ3n) is 0.202. The van der Waals surface area contributed by atoms with E-state index in [-0.39, 0.29) is 0 Å². The molecule has 0 saturated carbocycles. The summed E-state index contributed by atoms with van der Waals surface area (Å²) in [4.78, 5) is 9.28. The van der Waals surface area contributed by atoms with Gasteiger partial charge < -0.3 is 0 Å². The number of carbonyl (C=O) groups is 1. The van der Waals surface area contributed by atoms with Gasteiger partial charge in [0.25, 0.3) is 0 Å². The fourth-order valence-corrected chi connectivity index (χ4v) is 0.0735. The third kappa shape index (κ3) is 3.20. The highest BCUT2D eigenvalue weighted by Crippen LogP contribution is 1.39. The molecule has 0 saturated heterocycles. The second-order valence-electron chi connectivity index (χ2n) is 0.525. The minimum absolute atomic E-state index is 0.434. The molecule has 0 fully saturated rings. The molecule has 0 heterocycles. The van der Waals surface area contributed by atoms with Gasteiger partial charge in [0.05, 0.1) is 0 Å². The van der Waals surface area contributed by atoms with Gasteiger partial charge >= 0.3 is 0 Å². The van der Waals surface area contributed by atoms with E-state index < -0.39 is 0 Å². The molecule has 0 bridgehead atoms. The average molecular weight is 81.9 g/mol. The zero-order chi connectivity index (χ0) is 4.83. The molecular formula is C2H3BN2O. The van der Waals surface area contributed by atoms with Crippen molar-refractivity contribution in [2.45, 2.75) is 0 Å². The molecule has 1 N–H and O–H groups in total. The number of rotatable bonds is 2. The fraction of sp³-hybridized carbons (Fsp3) is 0. The Balaban J connectivity index is 2.85. The lowest BCUT2D eigenvalue weighted by atomic mass is 10.2. The minimum Gasteiger partial charge on any atom is -0.277 e. The standard InChI is InChI=1S/C2H3BN2O/c3-1-4-5-2-6/h1-2H,(H,5,6)/b4-1+. The van der Waals surface area contributed by atoms with Crippen molar-refractivity contribution in [2.75, 3.05) is 0 Å². The molecule has 6 heavy (non-hydrogen) atoms. The monoisotopic (exact) mass is 82.0 g/mol. The van der Waals surface area contributed by atoms with Crippen LogP contribution in [0.1, 0.15) is 0 Å². The Hall–Kier alpha value is -0.795. The molecule has 0 spiro atoms. The van der Waals surface area contributed by atoms with Crippen molar-refractivity contribution in [3.05, 3.63) is 0 Å². The smallest absolute Gasteiger partial charge is 0.227 e. The summed E-state index contributed by atoms with van der Waals surface area (Å²) in [7, 11) is 4.70. The Bertz CT molecular complexity index is 62.6. The molecular weight excluding hydrogens is 78.8 g/mol. The van der Waals surface area contributed by atoms with Gasteiger partial charge in [0, 0.05) is 0 Å². The molecule has 0 atom stereocenters. The zero-order valence-corrected chi connectivity index (χ0v) is 3.09. The maximum absolute atomic E-state index is 9.28. The molecule has 1 amide bonds. The van der Waals surface area contributed by atoms with Crippen LogP contribution in [0, 0.1) is 0 Å². The van der Waals surface area contributed by atoms with Gasteiger partial charge in [-0.1, -0.05) is 0 Å². The summed E-state index contributed by atoms with van der Waals surface area (Å²) < 4.78 is 0. The molecule has 0 unspecified atom stereocenters. The molecule has 3 nitrogen and oxygen atoms in total. The molecule has 0 rings (SSSR count). The van der Waals surface area contributed by atoms with Gasteiger partial charge in [-0.3, -0.25) is 10.2 Å². The van der Waals surface area contributed by atoms with E-state index in [2.05, 4.69) is 5.10 Å². The molecule has 4 heteroatoms. The Kier molecular flexibility index (Phi) is 3.65. The fourth-order valence-electron chi connectivity index (χ4n) is 0.0735. The Morgan fingerprint density at radius 1 is 1.83 bits per heavy atom. The maximum Gasteiger partial charge on any atom is 0.227 e. The normalized spacial score (nSPS) is 8.67. The van der Waals surface area contributed by atoms with Crippen LogP contribution in [0.3, 0.4) is 0 Å². The summed E-state index contributed by atoms with van der Waals surface area (Å²) in [6, 6.07) is 0. The summed E-state index contributed by atoms with van der Waals surface area (Å²) >= 11 is 0. The van der Waals surface area contributed by atoms with E-state index in [4.69, 9.17) is 7.85 Å². The Morgan fingerprint density at radius 2 is 2.50 bits per heavy atom. The van der Waals surface area contributed by atoms with E-state index in [1.165, 1.54) is 0 Å².